The Morgan fingerprint density at radius 2 is 1.74 bits per heavy atom. The van der Waals surface area contributed by atoms with E-state index in [0.717, 1.165) is 0 Å². The van der Waals surface area contributed by atoms with Gasteiger partial charge in [0.1, 0.15) is 24.4 Å². The Bertz CT molecular complexity index is 620. The number of carboxylic acid groups (broad SMARTS) is 1. The van der Waals surface area contributed by atoms with Gasteiger partial charge in [-0.05, 0) is 25.7 Å². The minimum Gasteiger partial charge on any atom is -0.481 e. The summed E-state index contributed by atoms with van der Waals surface area (Å²) in [5.41, 5.74) is 0. The van der Waals surface area contributed by atoms with Gasteiger partial charge in [0.2, 0.25) is 5.79 Å². The van der Waals surface area contributed by atoms with Crippen molar-refractivity contribution in [2.75, 3.05) is 20.3 Å². The average molecular weight is 451 g/mol. The van der Waals surface area contributed by atoms with Crippen LogP contribution < -0.4 is 5.32 Å². The maximum absolute atomic E-state index is 12.9. The first-order chi connectivity index (χ1) is 14.6. The van der Waals surface area contributed by atoms with Crippen molar-refractivity contribution in [3.63, 3.8) is 0 Å². The number of aliphatic carboxylic acids is 1. The van der Waals surface area contributed by atoms with Gasteiger partial charge in [0.05, 0.1) is 24.9 Å². The molecule has 0 aromatic rings. The normalized spacial score (nSPS) is 41.0. The van der Waals surface area contributed by atoms with Gasteiger partial charge in [0.25, 0.3) is 5.91 Å². The van der Waals surface area contributed by atoms with Gasteiger partial charge in [-0.2, -0.15) is 0 Å². The summed E-state index contributed by atoms with van der Waals surface area (Å²) in [4.78, 5) is 23.8. The van der Waals surface area contributed by atoms with Gasteiger partial charge in [-0.1, -0.05) is 0 Å². The summed E-state index contributed by atoms with van der Waals surface area (Å²) in [5.74, 6) is -4.25. The van der Waals surface area contributed by atoms with Gasteiger partial charge in [-0.25, -0.2) is 0 Å². The molecule has 0 bridgehead atoms. The minimum absolute atomic E-state index is 0.0106. The first-order valence-electron chi connectivity index (χ1n) is 10.3. The summed E-state index contributed by atoms with van der Waals surface area (Å²) in [6, 6.07) is 0. The van der Waals surface area contributed by atoms with Crippen LogP contribution in [0, 0.1) is 5.92 Å². The molecular weight excluding hydrogens is 418 g/mol. The van der Waals surface area contributed by atoms with Crippen LogP contribution in [0.5, 0.6) is 0 Å². The minimum atomic E-state index is -1.84. The van der Waals surface area contributed by atoms with Crippen molar-refractivity contribution in [1.29, 1.82) is 0 Å². The van der Waals surface area contributed by atoms with Crippen LogP contribution in [-0.2, 0) is 23.8 Å². The molecule has 0 radical (unpaired) electrons. The van der Waals surface area contributed by atoms with E-state index < -0.39 is 72.9 Å². The summed E-state index contributed by atoms with van der Waals surface area (Å²) < 4.78 is 16.4. The first-order valence-corrected chi connectivity index (χ1v) is 10.3. The highest BCUT2D eigenvalue weighted by molar-refractivity contribution is 5.83. The Morgan fingerprint density at radius 1 is 1.06 bits per heavy atom. The van der Waals surface area contributed by atoms with Gasteiger partial charge in [0, 0.05) is 26.5 Å². The van der Waals surface area contributed by atoms with Crippen LogP contribution in [0.2, 0.25) is 0 Å². The molecule has 4 unspecified atom stereocenters. The third-order valence-corrected chi connectivity index (χ3v) is 5.99. The molecular formula is C19H33NO11. The predicted molar refractivity (Wildman–Crippen MR) is 103 cm³/mol. The molecule has 0 saturated carbocycles. The van der Waals surface area contributed by atoms with E-state index in [0.29, 0.717) is 0 Å². The van der Waals surface area contributed by atoms with Crippen molar-refractivity contribution in [2.45, 2.75) is 81.1 Å². The fourth-order valence-corrected chi connectivity index (χ4v) is 4.07. The van der Waals surface area contributed by atoms with Crippen molar-refractivity contribution < 1.29 is 54.4 Å². The standard InChI is InChI=1S/C19H33NO11/c1-9-14(24)17(27)16(26)11(30-9)5-6-20-18(28)19(29-2)7-10(3-4-13(22)23)15(25)12(8-21)31-19/h9-12,14-17,21,24-27H,3-8H2,1-2H3,(H,20,28)(H,22,23)/t9-,10?,11-,12?,14?,15+,16+,17?,19+/m0/s1. The SMILES string of the molecule is CO[C@]1(C(=O)NCC[C@@H]2O[C@@H](C)C(O)C(O)[C@@H]2O)CC(CCC(=O)O)[C@@H](O)C(CO)O1. The molecule has 0 aliphatic carbocycles. The summed E-state index contributed by atoms with van der Waals surface area (Å²) >= 11 is 0. The molecule has 1 amide bonds. The zero-order chi connectivity index (χ0) is 23.3. The van der Waals surface area contributed by atoms with Gasteiger partial charge in [-0.3, -0.25) is 9.59 Å². The number of carbonyl (C=O) groups is 2. The van der Waals surface area contributed by atoms with Gasteiger partial charge in [0.15, 0.2) is 0 Å². The third-order valence-electron chi connectivity index (χ3n) is 5.99. The van der Waals surface area contributed by atoms with E-state index in [2.05, 4.69) is 5.32 Å². The van der Waals surface area contributed by atoms with Crippen LogP contribution in [0.15, 0.2) is 0 Å². The van der Waals surface area contributed by atoms with Crippen LogP contribution in [0.25, 0.3) is 0 Å². The molecule has 2 heterocycles. The fourth-order valence-electron chi connectivity index (χ4n) is 4.07. The maximum atomic E-state index is 12.9. The molecule has 2 aliphatic heterocycles. The maximum Gasteiger partial charge on any atom is 0.303 e. The van der Waals surface area contributed by atoms with E-state index >= 15 is 0 Å². The molecule has 180 valence electrons. The number of carboxylic acids is 1. The van der Waals surface area contributed by atoms with Gasteiger partial charge < -0.3 is 50.2 Å². The smallest absolute Gasteiger partial charge is 0.303 e. The number of carbonyl (C=O) groups excluding carboxylic acids is 1. The highest BCUT2D eigenvalue weighted by Crippen LogP contribution is 2.36. The summed E-state index contributed by atoms with van der Waals surface area (Å²) in [5, 5.41) is 61.1. The van der Waals surface area contributed by atoms with E-state index in [-0.39, 0.29) is 32.2 Å². The number of hydrogen-bond acceptors (Lipinski definition) is 10. The van der Waals surface area contributed by atoms with Crippen molar-refractivity contribution in [3.8, 4) is 0 Å². The second kappa shape index (κ2) is 11.0. The Hall–Kier alpha value is -1.38. The van der Waals surface area contributed by atoms with E-state index in [1.54, 1.807) is 6.92 Å². The molecule has 7 N–H and O–H groups in total. The lowest BCUT2D eigenvalue weighted by molar-refractivity contribution is -0.292. The molecule has 2 saturated heterocycles. The molecule has 9 atom stereocenters. The Balaban J connectivity index is 2.01. The van der Waals surface area contributed by atoms with Crippen LogP contribution in [0.3, 0.4) is 0 Å². The number of hydrogen-bond donors (Lipinski definition) is 7. The number of methoxy groups -OCH3 is 1. The number of amides is 1. The molecule has 2 aliphatic rings. The largest absolute Gasteiger partial charge is 0.481 e. The number of aliphatic hydroxyl groups excluding tert-OH is 5. The van der Waals surface area contributed by atoms with Crippen LogP contribution in [0.4, 0.5) is 0 Å². The lowest BCUT2D eigenvalue weighted by atomic mass is 9.83. The van der Waals surface area contributed by atoms with Crippen LogP contribution in [0.1, 0.15) is 32.6 Å². The quantitative estimate of drug-likeness (QED) is 0.193. The lowest BCUT2D eigenvalue weighted by Gasteiger charge is -2.44. The summed E-state index contributed by atoms with van der Waals surface area (Å²) in [6.45, 7) is 0.971. The first kappa shape index (κ1) is 25.9. The second-order valence-corrected chi connectivity index (χ2v) is 8.08. The Kier molecular flexibility index (Phi) is 9.15. The Labute approximate surface area is 179 Å². The number of ether oxygens (including phenoxy) is 3. The molecule has 0 aromatic heterocycles. The average Bonchev–Trinajstić information content (AvgIpc) is 2.74. The van der Waals surface area contributed by atoms with E-state index in [9.17, 15) is 35.1 Å². The second-order valence-electron chi connectivity index (χ2n) is 8.08. The van der Waals surface area contributed by atoms with Crippen LogP contribution in [-0.4, -0.2) is 111 Å². The molecule has 12 heteroatoms. The highest BCUT2D eigenvalue weighted by Gasteiger charge is 2.51. The third kappa shape index (κ3) is 5.90. The van der Waals surface area contributed by atoms with Crippen molar-refractivity contribution >= 4 is 11.9 Å². The van der Waals surface area contributed by atoms with Gasteiger partial charge in [-0.15, -0.1) is 0 Å². The molecule has 2 rings (SSSR count). The fraction of sp³-hybridized carbons (Fsp3) is 0.895. The van der Waals surface area contributed by atoms with Crippen molar-refractivity contribution in [1.82, 2.24) is 5.32 Å². The number of aliphatic hydroxyl groups is 5. The number of rotatable bonds is 9. The molecule has 0 spiro atoms. The molecule has 31 heavy (non-hydrogen) atoms. The lowest BCUT2D eigenvalue weighted by Crippen LogP contribution is -2.61. The molecule has 0 aromatic carbocycles. The predicted octanol–water partition coefficient (Wildman–Crippen LogP) is -2.67. The van der Waals surface area contributed by atoms with Crippen molar-refractivity contribution in [2.24, 2.45) is 5.92 Å². The topological polar surface area (TPSA) is 195 Å². The zero-order valence-electron chi connectivity index (χ0n) is 17.6. The van der Waals surface area contributed by atoms with E-state index in [1.165, 1.54) is 7.11 Å². The van der Waals surface area contributed by atoms with Gasteiger partial charge >= 0.3 is 5.97 Å². The zero-order valence-corrected chi connectivity index (χ0v) is 17.6. The highest BCUT2D eigenvalue weighted by atomic mass is 16.7. The molecule has 2 fully saturated rings. The van der Waals surface area contributed by atoms with Crippen LogP contribution >= 0.6 is 0 Å². The van der Waals surface area contributed by atoms with Crippen molar-refractivity contribution in [3.05, 3.63) is 0 Å². The summed E-state index contributed by atoms with van der Waals surface area (Å²) in [7, 11) is 1.23. The Morgan fingerprint density at radius 3 is 2.32 bits per heavy atom. The summed E-state index contributed by atoms with van der Waals surface area (Å²) in [6.07, 6.45) is -7.93. The number of nitrogens with one attached hydrogen (secondary N) is 1. The van der Waals surface area contributed by atoms with E-state index in [4.69, 9.17) is 19.3 Å². The van der Waals surface area contributed by atoms with E-state index in [1.807, 2.05) is 0 Å². The monoisotopic (exact) mass is 451 g/mol. The molecule has 12 nitrogen and oxygen atoms in total.